The number of nitrogens with one attached hydrogen (secondary N) is 4. The van der Waals surface area contributed by atoms with Crippen LogP contribution in [0.5, 0.6) is 0 Å². The average molecular weight is 265 g/mol. The van der Waals surface area contributed by atoms with Gasteiger partial charge in [-0.05, 0) is 0 Å². The molecule has 0 fully saturated rings. The number of nitrogens with two attached hydrogens (primary N) is 1. The quantitative estimate of drug-likeness (QED) is 0.416. The van der Waals surface area contributed by atoms with Crippen LogP contribution in [0.1, 0.15) is 0 Å². The van der Waals surface area contributed by atoms with E-state index >= 15 is 0 Å². The second-order valence-electron chi connectivity index (χ2n) is 3.54. The summed E-state index contributed by atoms with van der Waals surface area (Å²) < 4.78 is 0. The number of rotatable bonds is 4. The molecule has 0 saturated heterocycles. The highest BCUT2D eigenvalue weighted by Gasteiger charge is 2.09. The lowest BCUT2D eigenvalue weighted by Gasteiger charge is -2.04. The Morgan fingerprint density at radius 1 is 1.37 bits per heavy atom. The first-order valence-electron chi connectivity index (χ1n) is 5.30. The van der Waals surface area contributed by atoms with Gasteiger partial charge in [0.2, 0.25) is 17.8 Å². The molecule has 2 amide bonds. The molecule has 0 aliphatic carbocycles. The van der Waals surface area contributed by atoms with Crippen LogP contribution < -0.4 is 21.9 Å². The van der Waals surface area contributed by atoms with Crippen molar-refractivity contribution in [2.24, 2.45) is 5.73 Å². The van der Waals surface area contributed by atoms with E-state index in [0.717, 1.165) is 0 Å². The molecule has 2 aromatic rings. The summed E-state index contributed by atoms with van der Waals surface area (Å²) in [6, 6.07) is 0. The summed E-state index contributed by atoms with van der Waals surface area (Å²) in [5.41, 5.74) is 4.99. The number of fused-ring (bicyclic) bond motifs is 1. The van der Waals surface area contributed by atoms with Crippen LogP contribution in [-0.4, -0.2) is 44.8 Å². The molecule has 2 rings (SSSR count). The molecule has 0 bridgehead atoms. The molecule has 10 heteroatoms. The molecule has 10 nitrogen and oxygen atoms in total. The summed E-state index contributed by atoms with van der Waals surface area (Å²) in [7, 11) is 0. The predicted molar refractivity (Wildman–Crippen MR) is 65.2 cm³/mol. The van der Waals surface area contributed by atoms with Gasteiger partial charge >= 0.3 is 0 Å². The molecule has 0 aliphatic heterocycles. The van der Waals surface area contributed by atoms with E-state index in [4.69, 9.17) is 5.73 Å². The minimum Gasteiger partial charge on any atom is -0.346 e. The van der Waals surface area contributed by atoms with Crippen molar-refractivity contribution in [3.63, 3.8) is 0 Å². The van der Waals surface area contributed by atoms with Crippen molar-refractivity contribution in [3.8, 4) is 0 Å². The van der Waals surface area contributed by atoms with Gasteiger partial charge in [-0.1, -0.05) is 0 Å². The Balaban J connectivity index is 2.06. The lowest BCUT2D eigenvalue weighted by atomic mass is 10.5. The maximum Gasteiger partial charge on any atom is 0.280 e. The summed E-state index contributed by atoms with van der Waals surface area (Å²) >= 11 is 0. The van der Waals surface area contributed by atoms with Gasteiger partial charge in [-0.2, -0.15) is 4.98 Å². The van der Waals surface area contributed by atoms with Gasteiger partial charge in [0.15, 0.2) is 11.2 Å². The van der Waals surface area contributed by atoms with Crippen LogP contribution in [0.2, 0.25) is 0 Å². The van der Waals surface area contributed by atoms with Crippen LogP contribution in [-0.2, 0) is 9.59 Å². The SMILES string of the molecule is NCC(=O)NCC(=O)Nc1nc2[nH]cnc2c(=O)[nH]1. The second kappa shape index (κ2) is 5.27. The van der Waals surface area contributed by atoms with E-state index in [1.807, 2.05) is 0 Å². The Morgan fingerprint density at radius 3 is 2.89 bits per heavy atom. The van der Waals surface area contributed by atoms with E-state index in [1.165, 1.54) is 6.33 Å². The highest BCUT2D eigenvalue weighted by molar-refractivity contribution is 5.93. The summed E-state index contributed by atoms with van der Waals surface area (Å²) in [5.74, 6) is -1.03. The number of aromatic nitrogens is 4. The van der Waals surface area contributed by atoms with Crippen molar-refractivity contribution < 1.29 is 9.59 Å². The fourth-order valence-electron chi connectivity index (χ4n) is 1.33. The summed E-state index contributed by atoms with van der Waals surface area (Å²) in [6.07, 6.45) is 1.32. The molecule has 0 spiro atoms. The minimum atomic E-state index is -0.538. The Morgan fingerprint density at radius 2 is 2.16 bits per heavy atom. The summed E-state index contributed by atoms with van der Waals surface area (Å²) in [5, 5.41) is 4.62. The lowest BCUT2D eigenvalue weighted by Crippen LogP contribution is -2.37. The third-order valence-corrected chi connectivity index (χ3v) is 2.18. The number of nitrogens with zero attached hydrogens (tertiary/aromatic N) is 2. The predicted octanol–water partition coefficient (Wildman–Crippen LogP) is -2.34. The number of aromatic amines is 2. The minimum absolute atomic E-state index is 0.0336. The number of imidazole rings is 1. The number of carbonyl (C=O) groups excluding carboxylic acids is 2. The first kappa shape index (κ1) is 12.7. The van der Waals surface area contributed by atoms with Crippen molar-refractivity contribution in [3.05, 3.63) is 16.7 Å². The van der Waals surface area contributed by atoms with E-state index in [9.17, 15) is 14.4 Å². The Labute approximate surface area is 105 Å². The second-order valence-corrected chi connectivity index (χ2v) is 3.54. The average Bonchev–Trinajstić information content (AvgIpc) is 2.84. The monoisotopic (exact) mass is 265 g/mol. The van der Waals surface area contributed by atoms with Gasteiger partial charge in [0.25, 0.3) is 5.56 Å². The molecule has 0 aliphatic rings. The highest BCUT2D eigenvalue weighted by Crippen LogP contribution is 2.02. The molecule has 6 N–H and O–H groups in total. The van der Waals surface area contributed by atoms with Crippen LogP contribution in [0, 0.1) is 0 Å². The number of hydrogen-bond donors (Lipinski definition) is 5. The molecule has 2 heterocycles. The largest absolute Gasteiger partial charge is 0.346 e. The van der Waals surface area contributed by atoms with Gasteiger partial charge in [-0.3, -0.25) is 24.7 Å². The zero-order valence-corrected chi connectivity index (χ0v) is 9.69. The first-order valence-corrected chi connectivity index (χ1v) is 5.30. The highest BCUT2D eigenvalue weighted by atomic mass is 16.2. The lowest BCUT2D eigenvalue weighted by molar-refractivity contribution is -0.123. The standard InChI is InChI=1S/C9H11N7O3/c10-1-4(17)11-2-5(18)14-9-15-7-6(8(19)16-9)12-3-13-7/h3H,1-2,10H2,(H,11,17)(H3,12,13,14,15,16,18,19). The van der Waals surface area contributed by atoms with Crippen molar-refractivity contribution >= 4 is 28.9 Å². The van der Waals surface area contributed by atoms with Crippen LogP contribution in [0.3, 0.4) is 0 Å². The fourth-order valence-corrected chi connectivity index (χ4v) is 1.33. The third kappa shape index (κ3) is 2.93. The molecule has 0 atom stereocenters. The molecular weight excluding hydrogens is 254 g/mol. The Kier molecular flexibility index (Phi) is 3.52. The topological polar surface area (TPSA) is 159 Å². The van der Waals surface area contributed by atoms with Crippen molar-refractivity contribution in [2.75, 3.05) is 18.4 Å². The van der Waals surface area contributed by atoms with Gasteiger partial charge < -0.3 is 16.0 Å². The maximum atomic E-state index is 11.5. The Bertz CT molecular complexity index is 674. The molecule has 2 aromatic heterocycles. The van der Waals surface area contributed by atoms with Gasteiger partial charge in [0.05, 0.1) is 19.4 Å². The maximum absolute atomic E-state index is 11.5. The molecule has 100 valence electrons. The van der Waals surface area contributed by atoms with Crippen LogP contribution in [0.25, 0.3) is 11.2 Å². The number of hydrogen-bond acceptors (Lipinski definition) is 6. The van der Waals surface area contributed by atoms with E-state index in [-0.39, 0.29) is 30.2 Å². The number of carbonyl (C=O) groups is 2. The Hall–Kier alpha value is -2.75. The summed E-state index contributed by atoms with van der Waals surface area (Å²) in [6.45, 7) is -0.469. The van der Waals surface area contributed by atoms with Crippen LogP contribution in [0.4, 0.5) is 5.95 Å². The molecular formula is C9H11N7O3. The normalized spacial score (nSPS) is 10.4. The number of amides is 2. The molecule has 0 aromatic carbocycles. The smallest absolute Gasteiger partial charge is 0.280 e. The van der Waals surface area contributed by atoms with E-state index in [2.05, 4.69) is 30.6 Å². The molecule has 0 unspecified atom stereocenters. The fraction of sp³-hybridized carbons (Fsp3) is 0.222. The van der Waals surface area contributed by atoms with E-state index in [1.54, 1.807) is 0 Å². The van der Waals surface area contributed by atoms with E-state index in [0.29, 0.717) is 0 Å². The molecule has 0 radical (unpaired) electrons. The first-order chi connectivity index (χ1) is 9.10. The molecule has 19 heavy (non-hydrogen) atoms. The van der Waals surface area contributed by atoms with Crippen molar-refractivity contribution in [1.82, 2.24) is 25.3 Å². The van der Waals surface area contributed by atoms with Gasteiger partial charge in [0.1, 0.15) is 0 Å². The van der Waals surface area contributed by atoms with Gasteiger partial charge in [-0.15, -0.1) is 0 Å². The number of H-pyrrole nitrogens is 2. The molecule has 0 saturated carbocycles. The van der Waals surface area contributed by atoms with Crippen molar-refractivity contribution in [2.45, 2.75) is 0 Å². The zero-order chi connectivity index (χ0) is 13.8. The van der Waals surface area contributed by atoms with Gasteiger partial charge in [-0.25, -0.2) is 4.98 Å². The van der Waals surface area contributed by atoms with Crippen LogP contribution in [0.15, 0.2) is 11.1 Å². The third-order valence-electron chi connectivity index (χ3n) is 2.18. The van der Waals surface area contributed by atoms with Gasteiger partial charge in [0, 0.05) is 0 Å². The summed E-state index contributed by atoms with van der Waals surface area (Å²) in [4.78, 5) is 46.6. The van der Waals surface area contributed by atoms with Crippen molar-refractivity contribution in [1.29, 1.82) is 0 Å². The van der Waals surface area contributed by atoms with Crippen LogP contribution >= 0.6 is 0 Å². The van der Waals surface area contributed by atoms with E-state index < -0.39 is 17.4 Å². The number of anilines is 1. The zero-order valence-electron chi connectivity index (χ0n) is 9.69.